The molecule has 0 unspecified atom stereocenters. The molecule has 1 fully saturated rings. The van der Waals surface area contributed by atoms with Crippen LogP contribution in [-0.4, -0.2) is 53.7 Å². The number of likely N-dealkylation sites (tertiary alicyclic amines) is 1. The van der Waals surface area contributed by atoms with Crippen molar-refractivity contribution in [3.63, 3.8) is 0 Å². The van der Waals surface area contributed by atoms with Crippen LogP contribution < -0.4 is 11.1 Å². The summed E-state index contributed by atoms with van der Waals surface area (Å²) in [6.07, 6.45) is 7.67. The summed E-state index contributed by atoms with van der Waals surface area (Å²) in [5.41, 5.74) is 11.6. The van der Waals surface area contributed by atoms with Crippen molar-refractivity contribution in [2.45, 2.75) is 18.9 Å². The van der Waals surface area contributed by atoms with Crippen molar-refractivity contribution in [1.29, 1.82) is 0 Å². The van der Waals surface area contributed by atoms with Crippen LogP contribution in [-0.2, 0) is 6.54 Å². The molecule has 2 aromatic carbocycles. The van der Waals surface area contributed by atoms with Crippen molar-refractivity contribution < 1.29 is 4.79 Å². The van der Waals surface area contributed by atoms with Crippen LogP contribution in [0.25, 0.3) is 16.9 Å². The van der Waals surface area contributed by atoms with Gasteiger partial charge in [-0.1, -0.05) is 30.3 Å². The molecule has 36 heavy (non-hydrogen) atoms. The molecular weight excluding hydrogens is 454 g/mol. The first-order valence-electron chi connectivity index (χ1n) is 11.8. The highest BCUT2D eigenvalue weighted by atomic mass is 16.1. The van der Waals surface area contributed by atoms with E-state index in [-0.39, 0.29) is 5.92 Å². The molecule has 4 heterocycles. The van der Waals surface area contributed by atoms with E-state index < -0.39 is 5.91 Å². The van der Waals surface area contributed by atoms with Crippen LogP contribution in [0.5, 0.6) is 0 Å². The van der Waals surface area contributed by atoms with E-state index in [1.165, 1.54) is 11.9 Å². The van der Waals surface area contributed by atoms with Crippen molar-refractivity contribution in [2.75, 3.05) is 18.4 Å². The van der Waals surface area contributed by atoms with Gasteiger partial charge in [0.2, 0.25) is 5.91 Å². The number of aromatic amines is 1. The van der Waals surface area contributed by atoms with Crippen molar-refractivity contribution in [2.24, 2.45) is 5.73 Å². The van der Waals surface area contributed by atoms with E-state index in [0.29, 0.717) is 17.0 Å². The van der Waals surface area contributed by atoms with E-state index in [9.17, 15) is 4.79 Å². The Morgan fingerprint density at radius 3 is 2.83 bits per heavy atom. The first kappa shape index (κ1) is 21.9. The Morgan fingerprint density at radius 1 is 1.14 bits per heavy atom. The van der Waals surface area contributed by atoms with E-state index >= 15 is 0 Å². The number of primary amides is 1. The van der Waals surface area contributed by atoms with Crippen LogP contribution in [0.3, 0.4) is 0 Å². The quantitative estimate of drug-likeness (QED) is 0.326. The number of amides is 1. The van der Waals surface area contributed by atoms with E-state index in [2.05, 4.69) is 59.7 Å². The maximum absolute atomic E-state index is 12.3. The number of anilines is 2. The Balaban J connectivity index is 1.27. The second-order valence-electron chi connectivity index (χ2n) is 8.97. The molecule has 180 valence electrons. The molecule has 4 N–H and O–H groups in total. The molecule has 0 bridgehead atoms. The third-order valence-electron chi connectivity index (χ3n) is 6.64. The van der Waals surface area contributed by atoms with Gasteiger partial charge >= 0.3 is 0 Å². The van der Waals surface area contributed by atoms with E-state index in [1.54, 1.807) is 29.2 Å². The molecule has 0 aliphatic carbocycles. The van der Waals surface area contributed by atoms with Crippen molar-refractivity contribution in [3.8, 4) is 11.3 Å². The number of nitrogens with one attached hydrogen (secondary N) is 2. The van der Waals surface area contributed by atoms with Crippen LogP contribution in [0, 0.1) is 0 Å². The van der Waals surface area contributed by atoms with Crippen molar-refractivity contribution in [3.05, 3.63) is 90.1 Å². The minimum absolute atomic E-state index is 0.211. The van der Waals surface area contributed by atoms with Gasteiger partial charge in [0.25, 0.3) is 0 Å². The number of aromatic nitrogens is 6. The van der Waals surface area contributed by atoms with Crippen LogP contribution in [0.1, 0.15) is 33.8 Å². The fourth-order valence-corrected chi connectivity index (χ4v) is 4.90. The predicted octanol–water partition coefficient (Wildman–Crippen LogP) is 3.35. The average molecular weight is 480 g/mol. The fraction of sp³-hybridized carbons (Fsp3) is 0.192. The second-order valence-corrected chi connectivity index (χ2v) is 8.97. The fourth-order valence-electron chi connectivity index (χ4n) is 4.90. The number of H-pyrrole nitrogens is 1. The summed E-state index contributed by atoms with van der Waals surface area (Å²) in [4.78, 5) is 23.7. The third-order valence-corrected chi connectivity index (χ3v) is 6.64. The predicted molar refractivity (Wildman–Crippen MR) is 136 cm³/mol. The zero-order chi connectivity index (χ0) is 24.5. The van der Waals surface area contributed by atoms with Gasteiger partial charge in [0.15, 0.2) is 11.5 Å². The Hall–Kier alpha value is -4.57. The number of hydrogen-bond donors (Lipinski definition) is 3. The maximum Gasteiger partial charge on any atom is 0.248 e. The number of carbonyl (C=O) groups is 1. The van der Waals surface area contributed by atoms with Crippen LogP contribution >= 0.6 is 0 Å². The number of carbonyl (C=O) groups excluding carboxylic acids is 1. The lowest BCUT2D eigenvalue weighted by atomic mass is 9.92. The molecule has 0 saturated carbocycles. The molecule has 1 amide bonds. The summed E-state index contributed by atoms with van der Waals surface area (Å²) >= 11 is 0. The van der Waals surface area contributed by atoms with Gasteiger partial charge in [0.1, 0.15) is 6.33 Å². The lowest BCUT2D eigenvalue weighted by molar-refractivity contribution is 0.0999. The van der Waals surface area contributed by atoms with E-state index in [1.807, 2.05) is 18.2 Å². The molecule has 6 rings (SSSR count). The highest BCUT2D eigenvalue weighted by Crippen LogP contribution is 2.33. The van der Waals surface area contributed by atoms with Crippen LogP contribution in [0.2, 0.25) is 0 Å². The molecule has 10 nitrogen and oxygen atoms in total. The monoisotopic (exact) mass is 479 g/mol. The number of benzene rings is 2. The Labute approximate surface area is 207 Å². The van der Waals surface area contributed by atoms with E-state index in [0.717, 1.165) is 48.6 Å². The third kappa shape index (κ3) is 4.18. The molecule has 0 radical (unpaired) electrons. The Bertz CT molecular complexity index is 1510. The van der Waals surface area contributed by atoms with Gasteiger partial charge in [-0.05, 0) is 48.2 Å². The molecular formula is C26H25N9O. The van der Waals surface area contributed by atoms with Crippen LogP contribution in [0.4, 0.5) is 11.5 Å². The molecule has 0 spiro atoms. The number of hydrogen-bond acceptors (Lipinski definition) is 7. The maximum atomic E-state index is 12.3. The highest BCUT2D eigenvalue weighted by Gasteiger charge is 2.27. The van der Waals surface area contributed by atoms with Gasteiger partial charge in [-0.3, -0.25) is 14.8 Å². The Kier molecular flexibility index (Phi) is 5.62. The van der Waals surface area contributed by atoms with Crippen molar-refractivity contribution >= 4 is 23.1 Å². The van der Waals surface area contributed by atoms with Crippen molar-refractivity contribution in [1.82, 2.24) is 34.7 Å². The largest absolute Gasteiger partial charge is 0.366 e. The minimum atomic E-state index is -0.416. The zero-order valence-electron chi connectivity index (χ0n) is 19.5. The molecule has 10 heteroatoms. The first-order chi connectivity index (χ1) is 17.7. The van der Waals surface area contributed by atoms with Crippen LogP contribution in [0.15, 0.2) is 73.4 Å². The zero-order valence-corrected chi connectivity index (χ0v) is 19.5. The minimum Gasteiger partial charge on any atom is -0.366 e. The summed E-state index contributed by atoms with van der Waals surface area (Å²) in [5, 5.41) is 14.5. The standard InChI is InChI=1S/C26H25N9O/c27-24(36)21-7-6-20(10-22(21)18-8-9-34(15-18)14-17-4-2-1-3-5-17)33-25-26-29-16-32-35(26)23(13-28-25)19-11-30-31-12-19/h1-7,10-13,16,18H,8-9,14-15H2,(H2,27,36)(H,28,33)(H,30,31)/t18-/m0/s1. The summed E-state index contributed by atoms with van der Waals surface area (Å²) in [6.45, 7) is 2.72. The van der Waals surface area contributed by atoms with E-state index in [4.69, 9.17) is 5.73 Å². The summed E-state index contributed by atoms with van der Waals surface area (Å²) < 4.78 is 1.72. The number of nitrogens with two attached hydrogens (primary N) is 1. The molecule has 3 aromatic heterocycles. The molecule has 1 aliphatic rings. The SMILES string of the molecule is NC(=O)c1ccc(Nc2ncc(-c3cn[nH]c3)n3ncnc23)cc1[C@H]1CCN(Cc2ccccc2)C1. The normalized spacial score (nSPS) is 15.9. The summed E-state index contributed by atoms with van der Waals surface area (Å²) in [7, 11) is 0. The number of fused-ring (bicyclic) bond motifs is 1. The number of rotatable bonds is 7. The van der Waals surface area contributed by atoms with Gasteiger partial charge in [-0.25, -0.2) is 14.5 Å². The molecule has 5 aromatic rings. The lowest BCUT2D eigenvalue weighted by Gasteiger charge is -2.18. The van der Waals surface area contributed by atoms with Gasteiger partial charge in [-0.15, -0.1) is 0 Å². The van der Waals surface area contributed by atoms with Gasteiger partial charge in [0.05, 0.1) is 18.1 Å². The topological polar surface area (TPSA) is 130 Å². The lowest BCUT2D eigenvalue weighted by Crippen LogP contribution is -2.21. The number of nitrogens with zero attached hydrogens (tertiary/aromatic N) is 6. The summed E-state index contributed by atoms with van der Waals surface area (Å²) in [6, 6.07) is 16.1. The first-order valence-corrected chi connectivity index (χ1v) is 11.8. The van der Waals surface area contributed by atoms with Gasteiger partial charge < -0.3 is 11.1 Å². The summed E-state index contributed by atoms with van der Waals surface area (Å²) in [5.74, 6) is 0.359. The molecule has 1 aliphatic heterocycles. The molecule has 1 atom stereocenters. The smallest absolute Gasteiger partial charge is 0.248 e. The Morgan fingerprint density at radius 2 is 2.03 bits per heavy atom. The van der Waals surface area contributed by atoms with Gasteiger partial charge in [0, 0.05) is 36.1 Å². The second kappa shape index (κ2) is 9.23. The average Bonchev–Trinajstić information content (AvgIpc) is 3.67. The highest BCUT2D eigenvalue weighted by molar-refractivity contribution is 5.95. The van der Waals surface area contributed by atoms with Gasteiger partial charge in [-0.2, -0.15) is 10.2 Å². The molecule has 1 saturated heterocycles.